The lowest BCUT2D eigenvalue weighted by Crippen LogP contribution is -2.17. The predicted octanol–water partition coefficient (Wildman–Crippen LogP) is 4.80. The van der Waals surface area contributed by atoms with Gasteiger partial charge in [0.05, 0.1) is 17.9 Å². The predicted molar refractivity (Wildman–Crippen MR) is 114 cm³/mol. The average molecular weight is 401 g/mol. The molecule has 0 fully saturated rings. The summed E-state index contributed by atoms with van der Waals surface area (Å²) in [5.41, 5.74) is 4.09. The number of benzene rings is 2. The first kappa shape index (κ1) is 18.5. The molecule has 0 spiro atoms. The Bertz CT molecular complexity index is 1160. The quantitative estimate of drug-likeness (QED) is 0.464. The number of aryl methyl sites for hydroxylation is 1. The fraction of sp³-hybridized carbons (Fsp3) is 0.208. The number of hydrogen-bond acceptors (Lipinski definition) is 5. The largest absolute Gasteiger partial charge is 0.465 e. The number of para-hydroxylation sites is 1. The minimum absolute atomic E-state index is 0.259. The van der Waals surface area contributed by atoms with Crippen molar-refractivity contribution in [1.29, 1.82) is 0 Å². The van der Waals surface area contributed by atoms with Crippen molar-refractivity contribution in [1.82, 2.24) is 14.7 Å². The van der Waals surface area contributed by atoms with Crippen molar-refractivity contribution in [2.45, 2.75) is 20.0 Å². The number of nitrogens with zero attached hydrogens (tertiary/aromatic N) is 3. The van der Waals surface area contributed by atoms with Crippen LogP contribution in [0.15, 0.2) is 71.3 Å². The second-order valence-electron chi connectivity index (χ2n) is 7.54. The molecule has 0 aliphatic carbocycles. The number of furan rings is 1. The summed E-state index contributed by atoms with van der Waals surface area (Å²) in [4.78, 5) is 2.22. The molecule has 2 aromatic carbocycles. The minimum Gasteiger partial charge on any atom is -0.465 e. The number of ether oxygens (including phenoxy) is 2. The van der Waals surface area contributed by atoms with E-state index in [-0.39, 0.29) is 6.79 Å². The Morgan fingerprint density at radius 1 is 0.967 bits per heavy atom. The summed E-state index contributed by atoms with van der Waals surface area (Å²) in [5, 5.41) is 4.91. The molecule has 1 aliphatic heterocycles. The maximum Gasteiger partial charge on any atom is 0.231 e. The molecule has 0 saturated heterocycles. The minimum atomic E-state index is 0.259. The molecule has 0 atom stereocenters. The van der Waals surface area contributed by atoms with Gasteiger partial charge >= 0.3 is 0 Å². The number of fused-ring (bicyclic) bond motifs is 1. The second kappa shape index (κ2) is 7.72. The van der Waals surface area contributed by atoms with Crippen LogP contribution in [0.25, 0.3) is 16.9 Å². The normalized spacial score (nSPS) is 12.6. The van der Waals surface area contributed by atoms with Gasteiger partial charge < -0.3 is 13.9 Å². The van der Waals surface area contributed by atoms with Crippen LogP contribution in [-0.4, -0.2) is 28.5 Å². The summed E-state index contributed by atoms with van der Waals surface area (Å²) in [5.74, 6) is 3.41. The first-order valence-electron chi connectivity index (χ1n) is 9.93. The van der Waals surface area contributed by atoms with Gasteiger partial charge in [0.25, 0.3) is 0 Å². The Morgan fingerprint density at radius 2 is 1.80 bits per heavy atom. The summed E-state index contributed by atoms with van der Waals surface area (Å²) in [6.45, 7) is 3.68. The average Bonchev–Trinajstić information content (AvgIpc) is 3.48. The van der Waals surface area contributed by atoms with E-state index in [2.05, 4.69) is 30.3 Å². The van der Waals surface area contributed by atoms with E-state index in [1.165, 1.54) is 0 Å². The van der Waals surface area contributed by atoms with E-state index in [4.69, 9.17) is 19.0 Å². The van der Waals surface area contributed by atoms with Crippen molar-refractivity contribution in [2.75, 3.05) is 13.8 Å². The van der Waals surface area contributed by atoms with Crippen LogP contribution in [0.4, 0.5) is 0 Å². The van der Waals surface area contributed by atoms with Gasteiger partial charge in [0, 0.05) is 23.9 Å². The summed E-state index contributed by atoms with van der Waals surface area (Å²) >= 11 is 0. The highest BCUT2D eigenvalue weighted by atomic mass is 16.7. The standard InChI is InChI=1S/C24H23N3O3/c1-17-8-10-21(30-17)15-26(2)13-19-14-27(20-6-4-3-5-7-20)25-24(19)18-9-11-22-23(12-18)29-16-28-22/h3-12,14H,13,15-16H2,1-2H3. The first-order valence-corrected chi connectivity index (χ1v) is 9.93. The molecule has 152 valence electrons. The van der Waals surface area contributed by atoms with Gasteiger partial charge in [0.2, 0.25) is 6.79 Å². The molecule has 0 radical (unpaired) electrons. The van der Waals surface area contributed by atoms with Crippen molar-refractivity contribution < 1.29 is 13.9 Å². The third-order valence-electron chi connectivity index (χ3n) is 5.12. The molecule has 0 saturated carbocycles. The Balaban J connectivity index is 1.49. The van der Waals surface area contributed by atoms with E-state index >= 15 is 0 Å². The molecule has 0 bridgehead atoms. The second-order valence-corrected chi connectivity index (χ2v) is 7.54. The smallest absolute Gasteiger partial charge is 0.231 e. The highest BCUT2D eigenvalue weighted by Gasteiger charge is 2.19. The van der Waals surface area contributed by atoms with Crippen molar-refractivity contribution in [3.63, 3.8) is 0 Å². The highest BCUT2D eigenvalue weighted by molar-refractivity contribution is 5.67. The fourth-order valence-corrected chi connectivity index (χ4v) is 3.71. The van der Waals surface area contributed by atoms with Crippen molar-refractivity contribution in [3.05, 3.63) is 83.9 Å². The fourth-order valence-electron chi connectivity index (χ4n) is 3.71. The van der Waals surface area contributed by atoms with Crippen LogP contribution in [0.3, 0.4) is 0 Å². The molecular weight excluding hydrogens is 378 g/mol. The molecule has 5 rings (SSSR count). The van der Waals surface area contributed by atoms with Gasteiger partial charge in [-0.15, -0.1) is 0 Å². The van der Waals surface area contributed by atoms with Crippen LogP contribution < -0.4 is 9.47 Å². The van der Waals surface area contributed by atoms with E-state index in [0.29, 0.717) is 0 Å². The van der Waals surface area contributed by atoms with Crippen LogP contribution in [0.1, 0.15) is 17.1 Å². The summed E-state index contributed by atoms with van der Waals surface area (Å²) < 4.78 is 18.7. The zero-order valence-electron chi connectivity index (χ0n) is 17.0. The zero-order valence-corrected chi connectivity index (χ0v) is 17.0. The van der Waals surface area contributed by atoms with E-state index in [1.807, 2.05) is 60.1 Å². The van der Waals surface area contributed by atoms with Gasteiger partial charge in [0.15, 0.2) is 11.5 Å². The molecule has 4 aromatic rings. The Kier molecular flexibility index (Phi) is 4.77. The molecule has 0 amide bonds. The lowest BCUT2D eigenvalue weighted by Gasteiger charge is -2.15. The van der Waals surface area contributed by atoms with Crippen LogP contribution >= 0.6 is 0 Å². The van der Waals surface area contributed by atoms with Gasteiger partial charge in [-0.2, -0.15) is 5.10 Å². The van der Waals surface area contributed by atoms with Crippen LogP contribution in [0, 0.1) is 6.92 Å². The van der Waals surface area contributed by atoms with Gasteiger partial charge in [-0.05, 0) is 56.4 Å². The monoisotopic (exact) mass is 401 g/mol. The summed E-state index contributed by atoms with van der Waals surface area (Å²) in [6.07, 6.45) is 2.10. The van der Waals surface area contributed by atoms with Crippen molar-refractivity contribution in [3.8, 4) is 28.4 Å². The third kappa shape index (κ3) is 3.69. The lowest BCUT2D eigenvalue weighted by molar-refractivity contribution is 0.174. The maximum atomic E-state index is 5.74. The van der Waals surface area contributed by atoms with E-state index < -0.39 is 0 Å². The zero-order chi connectivity index (χ0) is 20.5. The number of aromatic nitrogens is 2. The summed E-state index contributed by atoms with van der Waals surface area (Å²) in [6, 6.07) is 20.1. The Labute approximate surface area is 175 Å². The molecule has 3 heterocycles. The molecule has 6 heteroatoms. The first-order chi connectivity index (χ1) is 14.7. The molecule has 6 nitrogen and oxygen atoms in total. The molecule has 0 unspecified atom stereocenters. The van der Waals surface area contributed by atoms with E-state index in [0.717, 1.165) is 58.6 Å². The Hall–Kier alpha value is -3.51. The van der Waals surface area contributed by atoms with Crippen molar-refractivity contribution >= 4 is 0 Å². The molecule has 0 N–H and O–H groups in total. The van der Waals surface area contributed by atoms with Crippen LogP contribution in [-0.2, 0) is 13.1 Å². The van der Waals surface area contributed by atoms with E-state index in [9.17, 15) is 0 Å². The van der Waals surface area contributed by atoms with Crippen molar-refractivity contribution in [2.24, 2.45) is 0 Å². The lowest BCUT2D eigenvalue weighted by atomic mass is 10.1. The molecule has 1 aliphatic rings. The highest BCUT2D eigenvalue weighted by Crippen LogP contribution is 2.36. The van der Waals surface area contributed by atoms with Gasteiger partial charge in [-0.3, -0.25) is 4.90 Å². The van der Waals surface area contributed by atoms with Gasteiger partial charge in [-0.25, -0.2) is 4.68 Å². The molecule has 30 heavy (non-hydrogen) atoms. The third-order valence-corrected chi connectivity index (χ3v) is 5.12. The van der Waals surface area contributed by atoms with Gasteiger partial charge in [-0.1, -0.05) is 18.2 Å². The van der Waals surface area contributed by atoms with Crippen LogP contribution in [0.5, 0.6) is 11.5 Å². The summed E-state index contributed by atoms with van der Waals surface area (Å²) in [7, 11) is 2.08. The Morgan fingerprint density at radius 3 is 2.60 bits per heavy atom. The van der Waals surface area contributed by atoms with E-state index in [1.54, 1.807) is 0 Å². The topological polar surface area (TPSA) is 52.7 Å². The maximum absolute atomic E-state index is 5.74. The van der Waals surface area contributed by atoms with Crippen LogP contribution in [0.2, 0.25) is 0 Å². The van der Waals surface area contributed by atoms with Gasteiger partial charge in [0.1, 0.15) is 11.5 Å². The number of hydrogen-bond donors (Lipinski definition) is 0. The number of rotatable bonds is 6. The SMILES string of the molecule is Cc1ccc(CN(C)Cc2cn(-c3ccccc3)nc2-c2ccc3c(c2)OCO3)o1. The molecular formula is C24H23N3O3. The molecule has 2 aromatic heterocycles.